The van der Waals surface area contributed by atoms with Crippen LogP contribution in [-0.4, -0.2) is 66.5 Å². The molecule has 15 heteroatoms. The summed E-state index contributed by atoms with van der Waals surface area (Å²) in [5.74, 6) is 2.32. The number of rotatable bonds is 31. The summed E-state index contributed by atoms with van der Waals surface area (Å²) < 4.78 is 73.9. The standard InChI is InChI=1S/C32H37FN2O5S.C22H28FNO2.C10H21NO/c1-23(22-40-31-16-14-30(15-17-31)39-21-7-6-20-34-26(4)36)24(2)35(29-12-10-28(33)11-13-29)25(3)27-8-18-32(19-9-27)41(5,37)38;1-5-6-15-25-21-11-13-22(14-12-21)26-16-17(2)18(3)24(4)20-9-7-19(23)8-10-20;1-2-3-4-5-6-7-8-9-10(11)12/h8-19H,3,6-7,20-22H2,1-2,4-5H3,(H,34,36);7-14H,5-6,15-16H2,1-4H3;2-9H2,1H3,(H2,11,12)/b24-23+;18-17+;. The van der Waals surface area contributed by atoms with Crippen molar-refractivity contribution in [1.82, 2.24) is 5.32 Å². The number of primary amides is 1. The first-order valence-electron chi connectivity index (χ1n) is 27.3. The van der Waals surface area contributed by atoms with E-state index >= 15 is 0 Å². The lowest BCUT2D eigenvalue weighted by Crippen LogP contribution is -2.21. The topological polar surface area (TPSA) is 150 Å². The van der Waals surface area contributed by atoms with E-state index in [1.165, 1.54) is 63.3 Å². The van der Waals surface area contributed by atoms with E-state index in [1.54, 1.807) is 48.5 Å². The summed E-state index contributed by atoms with van der Waals surface area (Å²) in [6.45, 7) is 20.8. The summed E-state index contributed by atoms with van der Waals surface area (Å²) in [5, 5.41) is 2.76. The average molecular weight is 1110 g/mol. The summed E-state index contributed by atoms with van der Waals surface area (Å²) in [6.07, 6.45) is 14.3. The van der Waals surface area contributed by atoms with Crippen LogP contribution in [0.3, 0.4) is 0 Å². The number of allylic oxidation sites excluding steroid dienone is 2. The highest BCUT2D eigenvalue weighted by atomic mass is 32.2. The zero-order valence-corrected chi connectivity index (χ0v) is 49.0. The molecule has 430 valence electrons. The second kappa shape index (κ2) is 36.1. The summed E-state index contributed by atoms with van der Waals surface area (Å²) in [6, 6.07) is 34.2. The first kappa shape index (κ1) is 66.2. The van der Waals surface area contributed by atoms with Gasteiger partial charge in [0.15, 0.2) is 9.84 Å². The monoisotopic (exact) mass is 1110 g/mol. The molecular formula is C64H86F2N4O8S. The molecule has 0 unspecified atom stereocenters. The van der Waals surface area contributed by atoms with Gasteiger partial charge < -0.3 is 39.8 Å². The van der Waals surface area contributed by atoms with Gasteiger partial charge >= 0.3 is 0 Å². The third-order valence-electron chi connectivity index (χ3n) is 12.8. The maximum atomic E-state index is 13.7. The van der Waals surface area contributed by atoms with Crippen molar-refractivity contribution in [3.63, 3.8) is 0 Å². The average Bonchev–Trinajstić information content (AvgIpc) is 3.44. The van der Waals surface area contributed by atoms with E-state index in [4.69, 9.17) is 24.7 Å². The molecule has 0 heterocycles. The number of hydrogen-bond donors (Lipinski definition) is 2. The molecule has 0 aromatic heterocycles. The molecule has 0 spiro atoms. The zero-order valence-electron chi connectivity index (χ0n) is 48.2. The van der Waals surface area contributed by atoms with Gasteiger partial charge in [0.2, 0.25) is 11.8 Å². The Kier molecular flexibility index (Phi) is 30.2. The van der Waals surface area contributed by atoms with Gasteiger partial charge in [0.1, 0.15) is 47.8 Å². The normalized spacial score (nSPS) is 11.5. The van der Waals surface area contributed by atoms with Crippen molar-refractivity contribution in [2.24, 2.45) is 5.73 Å². The molecule has 0 radical (unpaired) electrons. The summed E-state index contributed by atoms with van der Waals surface area (Å²) in [7, 11) is -1.36. The van der Waals surface area contributed by atoms with Gasteiger partial charge in [-0.1, -0.05) is 77.5 Å². The predicted octanol–water partition coefficient (Wildman–Crippen LogP) is 14.8. The van der Waals surface area contributed by atoms with Gasteiger partial charge in [-0.15, -0.1) is 0 Å². The number of sulfone groups is 1. The molecule has 5 aromatic rings. The molecule has 5 aromatic carbocycles. The predicted molar refractivity (Wildman–Crippen MR) is 319 cm³/mol. The smallest absolute Gasteiger partial charge is 0.217 e. The molecule has 0 aliphatic rings. The second-order valence-corrected chi connectivity index (χ2v) is 21.4. The molecule has 0 fully saturated rings. The highest BCUT2D eigenvalue weighted by Gasteiger charge is 2.18. The molecule has 2 amide bonds. The fourth-order valence-corrected chi connectivity index (χ4v) is 8.26. The maximum Gasteiger partial charge on any atom is 0.217 e. The minimum absolute atomic E-state index is 0.0314. The van der Waals surface area contributed by atoms with Crippen molar-refractivity contribution in [2.45, 2.75) is 130 Å². The largest absolute Gasteiger partial charge is 0.494 e. The number of halogens is 2. The number of nitrogens with zero attached hydrogens (tertiary/aromatic N) is 2. The van der Waals surface area contributed by atoms with Crippen LogP contribution in [0.5, 0.6) is 23.0 Å². The van der Waals surface area contributed by atoms with Crippen LogP contribution in [0.25, 0.3) is 5.70 Å². The lowest BCUT2D eigenvalue weighted by molar-refractivity contribution is -0.119. The third-order valence-corrected chi connectivity index (χ3v) is 14.0. The van der Waals surface area contributed by atoms with Gasteiger partial charge in [-0.25, -0.2) is 17.2 Å². The number of anilines is 2. The number of unbranched alkanes of at least 4 members (excludes halogenated alkanes) is 8. The van der Waals surface area contributed by atoms with Crippen LogP contribution < -0.4 is 39.8 Å². The number of benzene rings is 5. The van der Waals surface area contributed by atoms with E-state index in [0.717, 1.165) is 102 Å². The minimum atomic E-state index is -3.33. The van der Waals surface area contributed by atoms with Crippen molar-refractivity contribution < 1.29 is 45.7 Å². The van der Waals surface area contributed by atoms with E-state index in [-0.39, 0.29) is 28.3 Å². The molecule has 0 aliphatic carbocycles. The lowest BCUT2D eigenvalue weighted by atomic mass is 10.1. The quantitative estimate of drug-likeness (QED) is 0.0411. The number of ether oxygens (including phenoxy) is 4. The molecule has 3 N–H and O–H groups in total. The molecule has 5 rings (SSSR count). The molecule has 0 saturated carbocycles. The fraction of sp³-hybridized carbons (Fsp3) is 0.406. The maximum absolute atomic E-state index is 13.7. The molecule has 12 nitrogen and oxygen atoms in total. The molecule has 0 aliphatic heterocycles. The Hall–Kier alpha value is -7.13. The van der Waals surface area contributed by atoms with E-state index in [1.807, 2.05) is 93.1 Å². The Labute approximate surface area is 470 Å². The Balaban J connectivity index is 0.000000366. The van der Waals surface area contributed by atoms with Crippen LogP contribution in [0.4, 0.5) is 20.2 Å². The van der Waals surface area contributed by atoms with Gasteiger partial charge in [0, 0.05) is 61.7 Å². The van der Waals surface area contributed by atoms with Crippen LogP contribution in [0.2, 0.25) is 0 Å². The van der Waals surface area contributed by atoms with Crippen molar-refractivity contribution in [3.05, 3.63) is 168 Å². The van der Waals surface area contributed by atoms with Crippen molar-refractivity contribution in [1.29, 1.82) is 0 Å². The fourth-order valence-electron chi connectivity index (χ4n) is 7.63. The van der Waals surface area contributed by atoms with Crippen LogP contribution in [0.1, 0.15) is 131 Å². The first-order chi connectivity index (χ1) is 37.7. The Morgan fingerprint density at radius 2 is 0.987 bits per heavy atom. The van der Waals surface area contributed by atoms with Gasteiger partial charge in [0.05, 0.1) is 18.1 Å². The van der Waals surface area contributed by atoms with Gasteiger partial charge in [-0.3, -0.25) is 9.59 Å². The Bertz CT molecular complexity index is 2770. The molecular weight excluding hydrogens is 1020 g/mol. The first-order valence-corrected chi connectivity index (χ1v) is 29.2. The number of nitrogens with two attached hydrogens (primary N) is 1. The number of carbonyl (C=O) groups excluding carboxylic acids is 2. The summed E-state index contributed by atoms with van der Waals surface area (Å²) in [4.78, 5) is 25.4. The van der Waals surface area contributed by atoms with E-state index < -0.39 is 9.84 Å². The van der Waals surface area contributed by atoms with Crippen molar-refractivity contribution >= 4 is 38.7 Å². The number of carbonyl (C=O) groups is 2. The van der Waals surface area contributed by atoms with Crippen molar-refractivity contribution in [2.75, 3.05) is 56.1 Å². The van der Waals surface area contributed by atoms with E-state index in [2.05, 4.69) is 25.7 Å². The number of hydrogen-bond acceptors (Lipinski definition) is 10. The number of nitrogens with one attached hydrogen (secondary N) is 1. The lowest BCUT2D eigenvalue weighted by Gasteiger charge is -2.29. The van der Waals surface area contributed by atoms with Crippen LogP contribution in [-0.2, 0) is 19.4 Å². The van der Waals surface area contributed by atoms with Crippen molar-refractivity contribution in [3.8, 4) is 23.0 Å². The minimum Gasteiger partial charge on any atom is -0.494 e. The second-order valence-electron chi connectivity index (χ2n) is 19.4. The molecule has 79 heavy (non-hydrogen) atoms. The van der Waals surface area contributed by atoms with Gasteiger partial charge in [0.25, 0.3) is 0 Å². The van der Waals surface area contributed by atoms with Gasteiger partial charge in [-0.05, 0) is 179 Å². The Morgan fingerprint density at radius 3 is 1.44 bits per heavy atom. The molecule has 0 bridgehead atoms. The SMILES string of the molecule is C=C(c1ccc(S(C)(=O)=O)cc1)N(/C(C)=C(\C)COc1ccc(OCCCCNC(C)=O)cc1)c1ccc(F)cc1.CCCCCCCCCC(N)=O.CCCCOc1ccc(OC/C(C)=C(\C)N(C)c2ccc(F)cc2)cc1. The van der Waals surface area contributed by atoms with Crippen LogP contribution in [0.15, 0.2) is 155 Å². The summed E-state index contributed by atoms with van der Waals surface area (Å²) >= 11 is 0. The molecule has 0 atom stereocenters. The molecule has 0 saturated heterocycles. The van der Waals surface area contributed by atoms with Crippen LogP contribution >= 0.6 is 0 Å². The van der Waals surface area contributed by atoms with E-state index in [9.17, 15) is 26.8 Å². The third kappa shape index (κ3) is 25.9. The van der Waals surface area contributed by atoms with Gasteiger partial charge in [-0.2, -0.15) is 0 Å². The highest BCUT2D eigenvalue weighted by molar-refractivity contribution is 7.90. The highest BCUT2D eigenvalue weighted by Crippen LogP contribution is 2.32. The summed E-state index contributed by atoms with van der Waals surface area (Å²) in [5.41, 5.74) is 11.9. The Morgan fingerprint density at radius 1 is 0.557 bits per heavy atom. The number of amides is 2. The van der Waals surface area contributed by atoms with Crippen LogP contribution in [0, 0.1) is 11.6 Å². The zero-order chi connectivity index (χ0) is 58.2. The van der Waals surface area contributed by atoms with E-state index in [0.29, 0.717) is 49.9 Å².